The van der Waals surface area contributed by atoms with E-state index in [-0.39, 0.29) is 20.3 Å². The van der Waals surface area contributed by atoms with Gasteiger partial charge in [-0.2, -0.15) is 0 Å². The van der Waals surface area contributed by atoms with Gasteiger partial charge in [-0.15, -0.1) is 9.05 Å². The molecule has 3 nitrogen and oxygen atoms in total. The first-order chi connectivity index (χ1) is 2.81. The van der Waals surface area contributed by atoms with Crippen molar-refractivity contribution in [3.8, 4) is 0 Å². The first-order valence-electron chi connectivity index (χ1n) is 1.36. The second kappa shape index (κ2) is 6.62. The molecule has 0 rings (SSSR count). The van der Waals surface area contributed by atoms with Crippen LogP contribution in [0.25, 0.3) is 0 Å². The second-order valence-corrected chi connectivity index (χ2v) is 1.77. The molecule has 0 aromatic rings. The maximum Gasteiger partial charge on any atom is 1.00 e. The van der Waals surface area contributed by atoms with Crippen molar-refractivity contribution in [2.75, 3.05) is 14.2 Å². The summed E-state index contributed by atoms with van der Waals surface area (Å²) < 4.78 is 18.3. The van der Waals surface area contributed by atoms with E-state index in [0.717, 1.165) is 0 Å². The maximum atomic E-state index is 9.88. The van der Waals surface area contributed by atoms with Crippen molar-refractivity contribution < 1.29 is 33.9 Å². The Morgan fingerprint density at radius 1 is 1.43 bits per heavy atom. The molecule has 38 valence electrons. The van der Waals surface area contributed by atoms with E-state index in [0.29, 0.717) is 0 Å². The second-order valence-electron chi connectivity index (χ2n) is 0.589. The molecule has 0 N–H and O–H groups in total. The van der Waals surface area contributed by atoms with Gasteiger partial charge in [0.15, 0.2) is 0 Å². The van der Waals surface area contributed by atoms with Gasteiger partial charge in [0, 0.05) is 4.57 Å². The van der Waals surface area contributed by atoms with E-state index in [4.69, 9.17) is 0 Å². The van der Waals surface area contributed by atoms with Crippen molar-refractivity contribution >= 4 is 8.25 Å². The Morgan fingerprint density at radius 3 is 1.71 bits per heavy atom. The molecule has 0 aromatic heterocycles. The van der Waals surface area contributed by atoms with Crippen LogP contribution in [0, 0.1) is 0 Å². The topological polar surface area (TPSA) is 35.5 Å². The van der Waals surface area contributed by atoms with Crippen molar-refractivity contribution in [2.24, 2.45) is 0 Å². The van der Waals surface area contributed by atoms with Gasteiger partial charge in [-0.3, -0.25) is 0 Å². The molecule has 0 saturated heterocycles. The van der Waals surface area contributed by atoms with E-state index < -0.39 is 8.25 Å². The molecule has 7 heavy (non-hydrogen) atoms. The first kappa shape index (κ1) is 10.6. The van der Waals surface area contributed by atoms with Crippen LogP contribution in [0.2, 0.25) is 0 Å². The van der Waals surface area contributed by atoms with Gasteiger partial charge in [0.25, 0.3) is 0 Å². The molecule has 5 heteroatoms. The minimum atomic E-state index is -1.83. The summed E-state index contributed by atoms with van der Waals surface area (Å²) in [5.41, 5.74) is 0. The molecule has 0 bridgehead atoms. The van der Waals surface area contributed by atoms with Crippen molar-refractivity contribution in [3.63, 3.8) is 0 Å². The molecular formula is C2H7LiO3P+. The molecule has 0 spiro atoms. The van der Waals surface area contributed by atoms with E-state index in [1.165, 1.54) is 14.2 Å². The third kappa shape index (κ3) is 6.62. The molecule has 0 aromatic carbocycles. The van der Waals surface area contributed by atoms with Gasteiger partial charge in [0.2, 0.25) is 0 Å². The summed E-state index contributed by atoms with van der Waals surface area (Å²) in [6.07, 6.45) is 0. The molecule has 0 aliphatic carbocycles. The van der Waals surface area contributed by atoms with Crippen LogP contribution in [0.4, 0.5) is 0 Å². The largest absolute Gasteiger partial charge is 1.00 e. The van der Waals surface area contributed by atoms with E-state index in [1.807, 2.05) is 0 Å². The molecule has 0 unspecified atom stereocenters. The normalized spacial score (nSPS) is 7.14. The van der Waals surface area contributed by atoms with E-state index in [2.05, 4.69) is 9.05 Å². The summed E-state index contributed by atoms with van der Waals surface area (Å²) >= 11 is 0. The summed E-state index contributed by atoms with van der Waals surface area (Å²) in [6.45, 7) is 0. The fourth-order valence-electron chi connectivity index (χ4n) is 0.0745. The van der Waals surface area contributed by atoms with E-state index in [1.54, 1.807) is 0 Å². The van der Waals surface area contributed by atoms with E-state index >= 15 is 0 Å². The predicted molar refractivity (Wildman–Crippen MR) is 22.7 cm³/mol. The first-order valence-corrected chi connectivity index (χ1v) is 2.46. The maximum absolute atomic E-state index is 9.88. The molecule has 0 aliphatic heterocycles. The molecule has 0 aliphatic rings. The zero-order valence-electron chi connectivity index (χ0n) is 5.67. The SMILES string of the molecule is CO[P+](=O)OC.[H-].[Li+]. The molecule has 0 atom stereocenters. The summed E-state index contributed by atoms with van der Waals surface area (Å²) in [4.78, 5) is 0. The zero-order chi connectivity index (χ0) is 4.99. The monoisotopic (exact) mass is 117 g/mol. The molecule has 0 saturated carbocycles. The minimum Gasteiger partial charge on any atom is -1.00 e. The number of hydrogen-bond donors (Lipinski definition) is 0. The van der Waals surface area contributed by atoms with Crippen LogP contribution >= 0.6 is 8.25 Å². The van der Waals surface area contributed by atoms with Crippen LogP contribution in [0.15, 0.2) is 0 Å². The van der Waals surface area contributed by atoms with Crippen molar-refractivity contribution in [2.45, 2.75) is 0 Å². The molecule has 0 radical (unpaired) electrons. The Morgan fingerprint density at radius 2 is 1.71 bits per heavy atom. The van der Waals surface area contributed by atoms with Gasteiger partial charge < -0.3 is 1.43 Å². The van der Waals surface area contributed by atoms with Gasteiger partial charge in [-0.05, 0) is 0 Å². The Hall–Kier alpha value is 0.617. The Bertz CT molecular complexity index is 55.2. The molecule has 0 fully saturated rings. The standard InChI is InChI=1S/C2H6O3P.Li.H/c1-4-6(3)5-2;;/h1-2H3;;/q2*+1;-1. The fourth-order valence-corrected chi connectivity index (χ4v) is 0.224. The van der Waals surface area contributed by atoms with Gasteiger partial charge >= 0.3 is 27.1 Å². The van der Waals surface area contributed by atoms with E-state index in [9.17, 15) is 4.57 Å². The van der Waals surface area contributed by atoms with Crippen LogP contribution < -0.4 is 18.9 Å². The molecule has 0 amide bonds. The average Bonchev–Trinajstić information content (AvgIpc) is 1.65. The predicted octanol–water partition coefficient (Wildman–Crippen LogP) is -1.95. The van der Waals surface area contributed by atoms with Crippen LogP contribution in [-0.2, 0) is 13.6 Å². The Labute approximate surface area is 57.0 Å². The van der Waals surface area contributed by atoms with Gasteiger partial charge in [-0.1, -0.05) is 0 Å². The number of hydrogen-bond acceptors (Lipinski definition) is 3. The Balaban J connectivity index is -0.000000125. The van der Waals surface area contributed by atoms with Crippen molar-refractivity contribution in [1.82, 2.24) is 0 Å². The summed E-state index contributed by atoms with van der Waals surface area (Å²) in [5, 5.41) is 0. The quantitative estimate of drug-likeness (QED) is 0.311. The summed E-state index contributed by atoms with van der Waals surface area (Å²) in [6, 6.07) is 0. The fraction of sp³-hybridized carbons (Fsp3) is 1.00. The van der Waals surface area contributed by atoms with Gasteiger partial charge in [0.05, 0.1) is 14.2 Å². The third-order valence-corrected chi connectivity index (χ3v) is 0.894. The molecule has 0 heterocycles. The van der Waals surface area contributed by atoms with Crippen LogP contribution in [0.5, 0.6) is 0 Å². The Kier molecular flexibility index (Phi) is 9.99. The van der Waals surface area contributed by atoms with Crippen LogP contribution in [0.1, 0.15) is 1.43 Å². The van der Waals surface area contributed by atoms with Gasteiger partial charge in [-0.25, -0.2) is 0 Å². The summed E-state index contributed by atoms with van der Waals surface area (Å²) in [5.74, 6) is 0. The molecular weight excluding hydrogens is 110 g/mol. The van der Waals surface area contributed by atoms with Gasteiger partial charge in [0.1, 0.15) is 0 Å². The van der Waals surface area contributed by atoms with Crippen LogP contribution in [-0.4, -0.2) is 14.2 Å². The number of rotatable bonds is 2. The minimum absolute atomic E-state index is 0. The third-order valence-electron chi connectivity index (χ3n) is 0.298. The van der Waals surface area contributed by atoms with Crippen molar-refractivity contribution in [3.05, 3.63) is 0 Å². The zero-order valence-corrected chi connectivity index (χ0v) is 5.57. The summed E-state index contributed by atoms with van der Waals surface area (Å²) in [7, 11) is 0.817. The average molecular weight is 117 g/mol. The smallest absolute Gasteiger partial charge is 1.00 e. The van der Waals surface area contributed by atoms with Crippen molar-refractivity contribution in [1.29, 1.82) is 0 Å². The van der Waals surface area contributed by atoms with Crippen LogP contribution in [0.3, 0.4) is 0 Å².